The lowest BCUT2D eigenvalue weighted by Crippen LogP contribution is -2.03. The van der Waals surface area contributed by atoms with Crippen LogP contribution in [0.15, 0.2) is 30.5 Å². The first-order chi connectivity index (χ1) is 9.13. The Hall–Kier alpha value is -2.36. The molecule has 0 aliphatic carbocycles. The van der Waals surface area contributed by atoms with E-state index in [0.29, 0.717) is 5.56 Å². The molecule has 2 heterocycles. The highest BCUT2D eigenvalue weighted by Gasteiger charge is 2.16. The molecule has 96 valence electrons. The summed E-state index contributed by atoms with van der Waals surface area (Å²) in [6.45, 7) is 3.94. The molecule has 0 saturated carbocycles. The number of fused-ring (bicyclic) bond motifs is 1. The number of aryl methyl sites for hydroxylation is 3. The molecule has 0 radical (unpaired) electrons. The molecule has 1 aromatic carbocycles. The number of rotatable bonds is 2. The van der Waals surface area contributed by atoms with E-state index in [-0.39, 0.29) is 0 Å². The molecule has 0 aliphatic heterocycles. The summed E-state index contributed by atoms with van der Waals surface area (Å²) >= 11 is 0. The molecule has 0 amide bonds. The highest BCUT2D eigenvalue weighted by molar-refractivity contribution is 5.88. The Morgan fingerprint density at radius 3 is 2.74 bits per heavy atom. The third-order valence-electron chi connectivity index (χ3n) is 3.53. The van der Waals surface area contributed by atoms with Crippen LogP contribution in [-0.4, -0.2) is 20.6 Å². The maximum Gasteiger partial charge on any atom is 0.155 e. The smallest absolute Gasteiger partial charge is 0.155 e. The summed E-state index contributed by atoms with van der Waals surface area (Å²) in [5, 5.41) is 5.52. The van der Waals surface area contributed by atoms with Crippen molar-refractivity contribution >= 4 is 17.2 Å². The molecule has 0 unspecified atom stereocenters. The van der Waals surface area contributed by atoms with E-state index in [0.717, 1.165) is 23.3 Å². The Morgan fingerprint density at radius 1 is 1.21 bits per heavy atom. The molecule has 4 heteroatoms. The van der Waals surface area contributed by atoms with E-state index < -0.39 is 0 Å². The van der Waals surface area contributed by atoms with Gasteiger partial charge >= 0.3 is 0 Å². The fourth-order valence-electron chi connectivity index (χ4n) is 2.59. The molecule has 0 atom stereocenters. The average Bonchev–Trinajstić information content (AvgIpc) is 2.91. The average molecular weight is 253 g/mol. The fourth-order valence-corrected chi connectivity index (χ4v) is 2.59. The molecule has 0 saturated heterocycles. The highest BCUT2D eigenvalue weighted by atomic mass is 16.1. The minimum absolute atomic E-state index is 0.640. The predicted molar refractivity (Wildman–Crippen MR) is 74.9 cm³/mol. The quantitative estimate of drug-likeness (QED) is 0.659. The Kier molecular flexibility index (Phi) is 2.52. The first-order valence-electron chi connectivity index (χ1n) is 6.19. The van der Waals surface area contributed by atoms with Gasteiger partial charge in [-0.25, -0.2) is 0 Å². The molecule has 0 aliphatic rings. The minimum atomic E-state index is 0.640. The molecular formula is C15H15N3O. The number of carbonyl (C=O) groups excluding carboxylic acids is 1. The summed E-state index contributed by atoms with van der Waals surface area (Å²) in [4.78, 5) is 11.3. The number of carbonyl (C=O) groups is 1. The van der Waals surface area contributed by atoms with E-state index in [1.54, 1.807) is 4.68 Å². The normalized spacial score (nSPS) is 11.1. The summed E-state index contributed by atoms with van der Waals surface area (Å²) in [6.07, 6.45) is 2.86. The van der Waals surface area contributed by atoms with Crippen molar-refractivity contribution in [3.05, 3.63) is 47.3 Å². The summed E-state index contributed by atoms with van der Waals surface area (Å²) < 4.78 is 3.77. The van der Waals surface area contributed by atoms with Crippen LogP contribution in [0.5, 0.6) is 0 Å². The summed E-state index contributed by atoms with van der Waals surface area (Å²) in [5.41, 5.74) is 3.71. The van der Waals surface area contributed by atoms with Crippen molar-refractivity contribution < 1.29 is 4.79 Å². The van der Waals surface area contributed by atoms with Crippen molar-refractivity contribution in [3.8, 4) is 5.82 Å². The third kappa shape index (κ3) is 1.60. The van der Waals surface area contributed by atoms with Crippen molar-refractivity contribution in [2.45, 2.75) is 13.8 Å². The van der Waals surface area contributed by atoms with Crippen LogP contribution in [0.25, 0.3) is 16.7 Å². The molecule has 3 rings (SSSR count). The Bertz CT molecular complexity index is 780. The number of hydrogen-bond donors (Lipinski definition) is 0. The van der Waals surface area contributed by atoms with Gasteiger partial charge in [-0.05, 0) is 31.5 Å². The number of aromatic nitrogens is 3. The van der Waals surface area contributed by atoms with E-state index in [2.05, 4.69) is 30.2 Å². The number of hydrogen-bond acceptors (Lipinski definition) is 2. The van der Waals surface area contributed by atoms with Crippen molar-refractivity contribution in [1.29, 1.82) is 0 Å². The van der Waals surface area contributed by atoms with Crippen LogP contribution in [0, 0.1) is 13.8 Å². The SMILES string of the molecule is Cc1nn(C)c(-n2ccc3c(C)cccc32)c1C=O. The summed E-state index contributed by atoms with van der Waals surface area (Å²) in [5.74, 6) is 0.813. The Balaban J connectivity index is 2.37. The van der Waals surface area contributed by atoms with E-state index in [9.17, 15) is 4.79 Å². The van der Waals surface area contributed by atoms with Gasteiger partial charge in [0.1, 0.15) is 5.82 Å². The van der Waals surface area contributed by atoms with Crippen LogP contribution in [0.4, 0.5) is 0 Å². The molecule has 0 spiro atoms. The second-order valence-electron chi connectivity index (χ2n) is 4.76. The van der Waals surface area contributed by atoms with Crippen molar-refractivity contribution in [2.24, 2.45) is 7.05 Å². The number of benzene rings is 1. The number of nitrogens with zero attached hydrogens (tertiary/aromatic N) is 3. The Labute approximate surface area is 111 Å². The van der Waals surface area contributed by atoms with Crippen molar-refractivity contribution in [1.82, 2.24) is 14.3 Å². The van der Waals surface area contributed by atoms with E-state index in [4.69, 9.17) is 0 Å². The second-order valence-corrected chi connectivity index (χ2v) is 4.76. The van der Waals surface area contributed by atoms with Crippen LogP contribution in [-0.2, 0) is 7.05 Å². The lowest BCUT2D eigenvalue weighted by Gasteiger charge is -2.07. The van der Waals surface area contributed by atoms with Crippen LogP contribution in [0.3, 0.4) is 0 Å². The zero-order valence-corrected chi connectivity index (χ0v) is 11.2. The molecular weight excluding hydrogens is 238 g/mol. The van der Waals surface area contributed by atoms with Crippen LogP contribution in [0.1, 0.15) is 21.6 Å². The summed E-state index contributed by atoms with van der Waals surface area (Å²) in [6, 6.07) is 8.24. The van der Waals surface area contributed by atoms with Gasteiger partial charge in [-0.15, -0.1) is 0 Å². The van der Waals surface area contributed by atoms with Gasteiger partial charge in [0.15, 0.2) is 6.29 Å². The van der Waals surface area contributed by atoms with Crippen molar-refractivity contribution in [3.63, 3.8) is 0 Å². The lowest BCUT2D eigenvalue weighted by molar-refractivity contribution is 0.112. The van der Waals surface area contributed by atoms with Crippen LogP contribution >= 0.6 is 0 Å². The topological polar surface area (TPSA) is 39.8 Å². The van der Waals surface area contributed by atoms with Crippen molar-refractivity contribution in [2.75, 3.05) is 0 Å². The fraction of sp³-hybridized carbons (Fsp3) is 0.200. The van der Waals surface area contributed by atoms with Crippen LogP contribution in [0.2, 0.25) is 0 Å². The van der Waals surface area contributed by atoms with Gasteiger partial charge in [-0.2, -0.15) is 5.10 Å². The van der Waals surface area contributed by atoms with Gasteiger partial charge in [0.2, 0.25) is 0 Å². The van der Waals surface area contributed by atoms with Crippen LogP contribution < -0.4 is 0 Å². The predicted octanol–water partition coefficient (Wildman–Crippen LogP) is 2.79. The molecule has 2 aromatic heterocycles. The van der Waals surface area contributed by atoms with Gasteiger partial charge in [0.05, 0.1) is 16.8 Å². The highest BCUT2D eigenvalue weighted by Crippen LogP contribution is 2.25. The first kappa shape index (κ1) is 11.7. The van der Waals surface area contributed by atoms with E-state index in [1.165, 1.54) is 10.9 Å². The molecule has 0 N–H and O–H groups in total. The molecule has 0 bridgehead atoms. The Morgan fingerprint density at radius 2 is 2.00 bits per heavy atom. The maximum absolute atomic E-state index is 11.3. The maximum atomic E-state index is 11.3. The van der Waals surface area contributed by atoms with Gasteiger partial charge in [0, 0.05) is 18.6 Å². The monoisotopic (exact) mass is 253 g/mol. The molecule has 0 fully saturated rings. The van der Waals surface area contributed by atoms with E-state index in [1.807, 2.05) is 30.8 Å². The minimum Gasteiger partial charge on any atom is -0.301 e. The lowest BCUT2D eigenvalue weighted by atomic mass is 10.1. The van der Waals surface area contributed by atoms with Gasteiger partial charge in [-0.3, -0.25) is 9.48 Å². The zero-order valence-electron chi connectivity index (χ0n) is 11.2. The zero-order chi connectivity index (χ0) is 13.6. The second kappa shape index (κ2) is 4.09. The van der Waals surface area contributed by atoms with Gasteiger partial charge < -0.3 is 4.57 Å². The number of aldehydes is 1. The first-order valence-corrected chi connectivity index (χ1v) is 6.19. The van der Waals surface area contributed by atoms with Gasteiger partial charge in [-0.1, -0.05) is 12.1 Å². The van der Waals surface area contributed by atoms with E-state index >= 15 is 0 Å². The van der Waals surface area contributed by atoms with Gasteiger partial charge in [0.25, 0.3) is 0 Å². The molecule has 3 aromatic rings. The molecule has 19 heavy (non-hydrogen) atoms. The largest absolute Gasteiger partial charge is 0.301 e. The third-order valence-corrected chi connectivity index (χ3v) is 3.53. The standard InChI is InChI=1S/C15H15N3O/c1-10-5-4-6-14-12(10)7-8-18(14)15-13(9-19)11(2)16-17(15)3/h4-9H,1-3H3. The summed E-state index contributed by atoms with van der Waals surface area (Å²) in [7, 11) is 1.86. The molecule has 4 nitrogen and oxygen atoms in total.